The van der Waals surface area contributed by atoms with E-state index in [4.69, 9.17) is 4.42 Å². The fourth-order valence-corrected chi connectivity index (χ4v) is 3.28. The molecule has 19 heavy (non-hydrogen) atoms. The Morgan fingerprint density at radius 1 is 1.21 bits per heavy atom. The summed E-state index contributed by atoms with van der Waals surface area (Å²) in [4.78, 5) is 6.78. The van der Waals surface area contributed by atoms with Crippen LogP contribution in [0.3, 0.4) is 0 Å². The maximum Gasteiger partial charge on any atom is 0.226 e. The topological polar surface area (TPSA) is 46.3 Å². The quantitative estimate of drug-likeness (QED) is 0.859. The normalized spacial score (nSPS) is 17.7. The van der Waals surface area contributed by atoms with Crippen LogP contribution in [0.2, 0.25) is 0 Å². The van der Waals surface area contributed by atoms with Crippen molar-refractivity contribution in [2.75, 3.05) is 24.6 Å². The second-order valence-corrected chi connectivity index (χ2v) is 6.33. The summed E-state index contributed by atoms with van der Waals surface area (Å²) in [5.41, 5.74) is 1.93. The monoisotopic (exact) mass is 276 g/mol. The number of hydrogen-bond acceptors (Lipinski definition) is 4. The number of aromatic nitrogens is 1. The molecule has 3 rings (SSSR count). The zero-order valence-electron chi connectivity index (χ0n) is 10.6. The van der Waals surface area contributed by atoms with Gasteiger partial charge in [0.05, 0.1) is 5.69 Å². The number of benzene rings is 1. The molecule has 4 nitrogen and oxygen atoms in total. The molecule has 0 bridgehead atoms. The highest BCUT2D eigenvalue weighted by Crippen LogP contribution is 2.18. The van der Waals surface area contributed by atoms with Crippen LogP contribution in [0.15, 0.2) is 41.0 Å². The molecule has 1 saturated heterocycles. The molecule has 0 atom stereocenters. The summed E-state index contributed by atoms with van der Waals surface area (Å²) >= 11 is 0. The zero-order chi connectivity index (χ0) is 13.1. The van der Waals surface area contributed by atoms with Gasteiger partial charge >= 0.3 is 0 Å². The predicted octanol–water partition coefficient (Wildman–Crippen LogP) is 1.91. The standard InChI is InChI=1S/C14H16N2O2S/c17-19-8-6-16(7-9-19)10-13-11-18-14(15-13)12-4-2-1-3-5-12/h1-5,11H,6-10H2. The van der Waals surface area contributed by atoms with Crippen molar-refractivity contribution < 1.29 is 8.63 Å². The van der Waals surface area contributed by atoms with Crippen molar-refractivity contribution in [1.82, 2.24) is 9.88 Å². The van der Waals surface area contributed by atoms with E-state index < -0.39 is 10.8 Å². The van der Waals surface area contributed by atoms with Crippen molar-refractivity contribution in [1.29, 1.82) is 0 Å². The van der Waals surface area contributed by atoms with Gasteiger partial charge in [0.25, 0.3) is 0 Å². The first-order chi connectivity index (χ1) is 9.31. The smallest absolute Gasteiger partial charge is 0.226 e. The minimum atomic E-state index is -0.629. The van der Waals surface area contributed by atoms with Gasteiger partial charge in [0.15, 0.2) is 0 Å². The highest BCUT2D eigenvalue weighted by Gasteiger charge is 2.16. The van der Waals surface area contributed by atoms with Crippen LogP contribution in [-0.4, -0.2) is 38.7 Å². The summed E-state index contributed by atoms with van der Waals surface area (Å²) in [5.74, 6) is 2.20. The van der Waals surface area contributed by atoms with E-state index in [9.17, 15) is 4.21 Å². The fourth-order valence-electron chi connectivity index (χ4n) is 2.16. The number of rotatable bonds is 3. The Hall–Kier alpha value is -1.46. The van der Waals surface area contributed by atoms with Crippen LogP contribution in [-0.2, 0) is 17.3 Å². The van der Waals surface area contributed by atoms with E-state index in [-0.39, 0.29) is 0 Å². The summed E-state index contributed by atoms with van der Waals surface area (Å²) in [7, 11) is -0.629. The summed E-state index contributed by atoms with van der Waals surface area (Å²) in [6, 6.07) is 9.89. The Bertz CT molecular complexity index is 558. The lowest BCUT2D eigenvalue weighted by Crippen LogP contribution is -2.37. The maximum absolute atomic E-state index is 11.3. The van der Waals surface area contributed by atoms with Gasteiger partial charge in [-0.3, -0.25) is 9.11 Å². The van der Waals surface area contributed by atoms with Crippen LogP contribution >= 0.6 is 0 Å². The molecule has 2 aromatic rings. The van der Waals surface area contributed by atoms with Crippen LogP contribution in [0, 0.1) is 0 Å². The lowest BCUT2D eigenvalue weighted by atomic mass is 10.2. The molecule has 1 aromatic carbocycles. The van der Waals surface area contributed by atoms with Crippen molar-refractivity contribution in [3.63, 3.8) is 0 Å². The third kappa shape index (κ3) is 3.11. The number of oxazole rings is 1. The van der Waals surface area contributed by atoms with Gasteiger partial charge in [0.1, 0.15) is 6.26 Å². The van der Waals surface area contributed by atoms with Gasteiger partial charge in [0, 0.05) is 47.5 Å². The molecule has 0 N–H and O–H groups in total. The van der Waals surface area contributed by atoms with Crippen molar-refractivity contribution in [2.45, 2.75) is 6.54 Å². The molecule has 0 unspecified atom stereocenters. The summed E-state index contributed by atoms with van der Waals surface area (Å²) in [5, 5.41) is 0. The molecule has 5 heteroatoms. The van der Waals surface area contributed by atoms with Crippen molar-refractivity contribution >= 4 is 10.8 Å². The van der Waals surface area contributed by atoms with Gasteiger partial charge in [-0.25, -0.2) is 4.98 Å². The third-order valence-electron chi connectivity index (χ3n) is 3.23. The van der Waals surface area contributed by atoms with Gasteiger partial charge in [-0.1, -0.05) is 18.2 Å². The summed E-state index contributed by atoms with van der Waals surface area (Å²) < 4.78 is 16.8. The molecule has 1 aromatic heterocycles. The Labute approximate surface area is 114 Å². The molecule has 0 aliphatic carbocycles. The Morgan fingerprint density at radius 2 is 1.95 bits per heavy atom. The lowest BCUT2D eigenvalue weighted by Gasteiger charge is -2.24. The van der Waals surface area contributed by atoms with Crippen LogP contribution in [0.1, 0.15) is 5.69 Å². The molecular formula is C14H16N2O2S. The van der Waals surface area contributed by atoms with Crippen LogP contribution in [0.25, 0.3) is 11.5 Å². The fraction of sp³-hybridized carbons (Fsp3) is 0.357. The molecule has 0 amide bonds. The number of nitrogens with zero attached hydrogens (tertiary/aromatic N) is 2. The largest absolute Gasteiger partial charge is 0.444 e. The van der Waals surface area contributed by atoms with Crippen molar-refractivity contribution in [2.24, 2.45) is 0 Å². The molecule has 0 spiro atoms. The molecule has 1 aliphatic rings. The maximum atomic E-state index is 11.3. The van der Waals surface area contributed by atoms with Gasteiger partial charge in [-0.05, 0) is 12.1 Å². The molecular weight excluding hydrogens is 260 g/mol. The van der Waals surface area contributed by atoms with Gasteiger partial charge in [0.2, 0.25) is 5.89 Å². The first kappa shape index (κ1) is 12.6. The van der Waals surface area contributed by atoms with E-state index in [1.807, 2.05) is 30.3 Å². The van der Waals surface area contributed by atoms with Gasteiger partial charge in [-0.2, -0.15) is 0 Å². The molecule has 1 aliphatic heterocycles. The summed E-state index contributed by atoms with van der Waals surface area (Å²) in [6.45, 7) is 2.52. The van der Waals surface area contributed by atoms with Crippen molar-refractivity contribution in [3.8, 4) is 11.5 Å². The average molecular weight is 276 g/mol. The molecule has 2 heterocycles. The highest BCUT2D eigenvalue weighted by atomic mass is 32.2. The van der Waals surface area contributed by atoms with E-state index in [0.717, 1.165) is 42.4 Å². The molecule has 1 fully saturated rings. The van der Waals surface area contributed by atoms with Crippen LogP contribution < -0.4 is 0 Å². The third-order valence-corrected chi connectivity index (χ3v) is 4.50. The second-order valence-electron chi connectivity index (χ2n) is 4.63. The van der Waals surface area contributed by atoms with Crippen molar-refractivity contribution in [3.05, 3.63) is 42.3 Å². The van der Waals surface area contributed by atoms with Gasteiger partial charge < -0.3 is 4.42 Å². The van der Waals surface area contributed by atoms with E-state index in [0.29, 0.717) is 5.89 Å². The van der Waals surface area contributed by atoms with E-state index in [1.165, 1.54) is 0 Å². The van der Waals surface area contributed by atoms with E-state index >= 15 is 0 Å². The van der Waals surface area contributed by atoms with Crippen LogP contribution in [0.5, 0.6) is 0 Å². The molecule has 0 saturated carbocycles. The van der Waals surface area contributed by atoms with Gasteiger partial charge in [-0.15, -0.1) is 0 Å². The summed E-state index contributed by atoms with van der Waals surface area (Å²) in [6.07, 6.45) is 1.72. The number of hydrogen-bond donors (Lipinski definition) is 0. The molecule has 0 radical (unpaired) electrons. The van der Waals surface area contributed by atoms with E-state index in [1.54, 1.807) is 6.26 Å². The predicted molar refractivity (Wildman–Crippen MR) is 75.1 cm³/mol. The second kappa shape index (κ2) is 5.67. The Morgan fingerprint density at radius 3 is 2.68 bits per heavy atom. The minimum Gasteiger partial charge on any atom is -0.444 e. The first-order valence-electron chi connectivity index (χ1n) is 6.38. The highest BCUT2D eigenvalue weighted by molar-refractivity contribution is 7.85. The SMILES string of the molecule is O=S1CCN(Cc2coc(-c3ccccc3)n2)CC1. The van der Waals surface area contributed by atoms with E-state index in [2.05, 4.69) is 9.88 Å². The Kier molecular flexibility index (Phi) is 3.75. The minimum absolute atomic E-state index is 0.629. The average Bonchev–Trinajstić information content (AvgIpc) is 2.91. The zero-order valence-corrected chi connectivity index (χ0v) is 11.4. The van der Waals surface area contributed by atoms with Crippen LogP contribution in [0.4, 0.5) is 0 Å². The lowest BCUT2D eigenvalue weighted by molar-refractivity contribution is 0.288. The molecule has 100 valence electrons. The first-order valence-corrected chi connectivity index (χ1v) is 7.87. The Balaban J connectivity index is 1.67.